The van der Waals surface area contributed by atoms with E-state index in [9.17, 15) is 13.9 Å². The van der Waals surface area contributed by atoms with Crippen molar-refractivity contribution in [2.45, 2.75) is 18.9 Å². The zero-order chi connectivity index (χ0) is 12.5. The SMILES string of the molecule is Cl.N[C@H](CC(F)F)c1c(Br)cc(Br)c(O)c1Br. The number of hydrogen-bond acceptors (Lipinski definition) is 2. The van der Waals surface area contributed by atoms with Crippen LogP contribution in [-0.2, 0) is 0 Å². The van der Waals surface area contributed by atoms with Gasteiger partial charge in [0.1, 0.15) is 5.75 Å². The smallest absolute Gasteiger partial charge is 0.240 e. The minimum absolute atomic E-state index is 0. The first-order chi connectivity index (χ1) is 7.34. The van der Waals surface area contributed by atoms with E-state index in [0.717, 1.165) is 0 Å². The second-order valence-corrected chi connectivity index (χ2v) is 5.65. The van der Waals surface area contributed by atoms with Crippen LogP contribution >= 0.6 is 60.2 Å². The Hall–Kier alpha value is 0.570. The summed E-state index contributed by atoms with van der Waals surface area (Å²) in [6.07, 6.45) is -2.95. The summed E-state index contributed by atoms with van der Waals surface area (Å²) in [7, 11) is 0. The highest BCUT2D eigenvalue weighted by Gasteiger charge is 2.21. The molecule has 98 valence electrons. The first-order valence-corrected chi connectivity index (χ1v) is 6.62. The van der Waals surface area contributed by atoms with Crippen molar-refractivity contribution in [1.29, 1.82) is 0 Å². The monoisotopic (exact) mass is 457 g/mol. The first-order valence-electron chi connectivity index (χ1n) is 4.24. The van der Waals surface area contributed by atoms with Crippen LogP contribution in [0.2, 0.25) is 0 Å². The minimum Gasteiger partial charge on any atom is -0.506 e. The summed E-state index contributed by atoms with van der Waals surface area (Å²) in [6.45, 7) is 0. The molecule has 0 heterocycles. The molecule has 0 unspecified atom stereocenters. The Morgan fingerprint density at radius 2 is 1.76 bits per heavy atom. The van der Waals surface area contributed by atoms with E-state index in [1.54, 1.807) is 6.07 Å². The summed E-state index contributed by atoms with van der Waals surface area (Å²) >= 11 is 9.50. The lowest BCUT2D eigenvalue weighted by molar-refractivity contribution is 0.128. The van der Waals surface area contributed by atoms with Gasteiger partial charge in [0, 0.05) is 22.5 Å². The number of aromatic hydroxyl groups is 1. The fourth-order valence-corrected chi connectivity index (χ4v) is 3.95. The van der Waals surface area contributed by atoms with Crippen LogP contribution in [0.4, 0.5) is 8.78 Å². The number of alkyl halides is 2. The molecule has 0 saturated carbocycles. The first kappa shape index (κ1) is 17.6. The standard InChI is InChI=1S/C9H8Br3F2NO.ClH/c10-3-1-4(11)9(16)8(12)7(3)5(15)2-6(13)14;/h1,5-6,16H,2,15H2;1H/t5-;/m1./s1. The molecule has 1 atom stereocenters. The summed E-state index contributed by atoms with van der Waals surface area (Å²) in [5, 5.41) is 9.64. The van der Waals surface area contributed by atoms with E-state index in [1.807, 2.05) is 0 Å². The second kappa shape index (κ2) is 7.23. The van der Waals surface area contributed by atoms with Crippen molar-refractivity contribution in [2.24, 2.45) is 5.73 Å². The van der Waals surface area contributed by atoms with Gasteiger partial charge in [-0.2, -0.15) is 0 Å². The maximum atomic E-state index is 12.2. The molecule has 0 spiro atoms. The predicted octanol–water partition coefficient (Wildman–Crippen LogP) is 4.76. The predicted molar refractivity (Wildman–Crippen MR) is 76.0 cm³/mol. The lowest BCUT2D eigenvalue weighted by atomic mass is 10.0. The Balaban J connectivity index is 0.00000256. The molecular formula is C9H9Br3ClF2NO. The normalized spacial score (nSPS) is 12.4. The highest BCUT2D eigenvalue weighted by atomic mass is 79.9. The second-order valence-electron chi connectivity index (χ2n) is 3.15. The molecule has 0 aliphatic rings. The zero-order valence-corrected chi connectivity index (χ0v) is 13.8. The van der Waals surface area contributed by atoms with Crippen molar-refractivity contribution < 1.29 is 13.9 Å². The Kier molecular flexibility index (Phi) is 7.47. The fourth-order valence-electron chi connectivity index (χ4n) is 1.24. The molecule has 8 heteroatoms. The Labute approximate surface area is 129 Å². The van der Waals surface area contributed by atoms with E-state index in [1.165, 1.54) is 0 Å². The molecule has 17 heavy (non-hydrogen) atoms. The van der Waals surface area contributed by atoms with Crippen LogP contribution in [0, 0.1) is 0 Å². The molecule has 3 N–H and O–H groups in total. The quantitative estimate of drug-likeness (QED) is 0.684. The van der Waals surface area contributed by atoms with Gasteiger partial charge >= 0.3 is 0 Å². The van der Waals surface area contributed by atoms with E-state index in [0.29, 0.717) is 19.0 Å². The Morgan fingerprint density at radius 1 is 1.24 bits per heavy atom. The Bertz CT molecular complexity index is 406. The third-order valence-electron chi connectivity index (χ3n) is 1.98. The van der Waals surface area contributed by atoms with Gasteiger partial charge in [-0.3, -0.25) is 0 Å². The van der Waals surface area contributed by atoms with Crippen molar-refractivity contribution in [3.63, 3.8) is 0 Å². The van der Waals surface area contributed by atoms with Crippen LogP contribution in [0.25, 0.3) is 0 Å². The number of phenolic OH excluding ortho intramolecular Hbond substituents is 1. The van der Waals surface area contributed by atoms with Gasteiger partial charge in [-0.15, -0.1) is 12.4 Å². The van der Waals surface area contributed by atoms with Gasteiger partial charge in [-0.05, 0) is 37.9 Å². The molecule has 0 aliphatic carbocycles. The van der Waals surface area contributed by atoms with Crippen molar-refractivity contribution in [1.82, 2.24) is 0 Å². The molecule has 0 aliphatic heterocycles. The molecule has 1 aromatic carbocycles. The maximum Gasteiger partial charge on any atom is 0.240 e. The molecule has 1 rings (SSSR count). The van der Waals surface area contributed by atoms with Crippen molar-refractivity contribution in [3.05, 3.63) is 25.0 Å². The molecule has 0 aromatic heterocycles. The largest absolute Gasteiger partial charge is 0.506 e. The van der Waals surface area contributed by atoms with Gasteiger partial charge in [0.15, 0.2) is 0 Å². The highest BCUT2D eigenvalue weighted by molar-refractivity contribution is 9.11. The van der Waals surface area contributed by atoms with Gasteiger partial charge in [0.2, 0.25) is 6.43 Å². The van der Waals surface area contributed by atoms with Crippen molar-refractivity contribution in [2.75, 3.05) is 0 Å². The van der Waals surface area contributed by atoms with Gasteiger partial charge < -0.3 is 10.8 Å². The van der Waals surface area contributed by atoms with E-state index < -0.39 is 18.9 Å². The lowest BCUT2D eigenvalue weighted by Crippen LogP contribution is -2.15. The van der Waals surface area contributed by atoms with Crippen LogP contribution in [-0.4, -0.2) is 11.5 Å². The lowest BCUT2D eigenvalue weighted by Gasteiger charge is -2.17. The van der Waals surface area contributed by atoms with E-state index in [2.05, 4.69) is 47.8 Å². The summed E-state index contributed by atoms with van der Waals surface area (Å²) in [4.78, 5) is 0. The number of hydrogen-bond donors (Lipinski definition) is 2. The summed E-state index contributed by atoms with van der Waals surface area (Å²) in [6, 6.07) is 0.726. The van der Waals surface area contributed by atoms with Crippen LogP contribution in [0.1, 0.15) is 18.0 Å². The molecule has 0 fully saturated rings. The number of phenols is 1. The van der Waals surface area contributed by atoms with Gasteiger partial charge in [0.25, 0.3) is 0 Å². The molecular weight excluding hydrogens is 451 g/mol. The third-order valence-corrected chi connectivity index (χ3v) is 4.05. The number of halogens is 6. The summed E-state index contributed by atoms with van der Waals surface area (Å²) < 4.78 is 25.8. The van der Waals surface area contributed by atoms with Crippen LogP contribution in [0.3, 0.4) is 0 Å². The third kappa shape index (κ3) is 4.31. The van der Waals surface area contributed by atoms with Crippen LogP contribution < -0.4 is 5.73 Å². The average molecular weight is 460 g/mol. The summed E-state index contributed by atoms with van der Waals surface area (Å²) in [5.74, 6) is -0.0529. The molecule has 0 saturated heterocycles. The maximum absolute atomic E-state index is 12.2. The topological polar surface area (TPSA) is 46.2 Å². The highest BCUT2D eigenvalue weighted by Crippen LogP contribution is 2.42. The average Bonchev–Trinajstić information content (AvgIpc) is 2.13. The van der Waals surface area contributed by atoms with Crippen LogP contribution in [0.15, 0.2) is 19.5 Å². The van der Waals surface area contributed by atoms with Gasteiger partial charge in [0.05, 0.1) is 8.95 Å². The minimum atomic E-state index is -2.49. The van der Waals surface area contributed by atoms with Crippen molar-refractivity contribution in [3.8, 4) is 5.75 Å². The van der Waals surface area contributed by atoms with Gasteiger partial charge in [-0.25, -0.2) is 8.78 Å². The van der Waals surface area contributed by atoms with Crippen LogP contribution in [0.5, 0.6) is 5.75 Å². The van der Waals surface area contributed by atoms with Gasteiger partial charge in [-0.1, -0.05) is 15.9 Å². The molecule has 0 amide bonds. The molecule has 0 bridgehead atoms. The molecule has 1 aromatic rings. The van der Waals surface area contributed by atoms with E-state index in [-0.39, 0.29) is 18.2 Å². The Morgan fingerprint density at radius 3 is 2.24 bits per heavy atom. The fraction of sp³-hybridized carbons (Fsp3) is 0.333. The zero-order valence-electron chi connectivity index (χ0n) is 8.26. The molecule has 2 nitrogen and oxygen atoms in total. The number of rotatable bonds is 3. The number of nitrogens with two attached hydrogens (primary N) is 1. The molecule has 0 radical (unpaired) electrons. The summed E-state index contributed by atoms with van der Waals surface area (Å²) in [5.41, 5.74) is 6.08. The number of benzene rings is 1. The van der Waals surface area contributed by atoms with Crippen molar-refractivity contribution >= 4 is 60.2 Å². The van der Waals surface area contributed by atoms with E-state index >= 15 is 0 Å². The van der Waals surface area contributed by atoms with E-state index in [4.69, 9.17) is 5.73 Å².